The van der Waals surface area contributed by atoms with Crippen molar-refractivity contribution in [2.24, 2.45) is 5.92 Å². The number of carbonyl (C=O) groups is 1. The molecule has 0 radical (unpaired) electrons. The van der Waals surface area contributed by atoms with Crippen molar-refractivity contribution in [3.05, 3.63) is 23.3 Å². The van der Waals surface area contributed by atoms with Gasteiger partial charge >= 0.3 is 0 Å². The largest absolute Gasteiger partial charge is 0.507 e. The van der Waals surface area contributed by atoms with Gasteiger partial charge in [-0.1, -0.05) is 0 Å². The van der Waals surface area contributed by atoms with Gasteiger partial charge < -0.3 is 9.84 Å². The summed E-state index contributed by atoms with van der Waals surface area (Å²) in [6.07, 6.45) is 2.40. The predicted molar refractivity (Wildman–Crippen MR) is 61.1 cm³/mol. The molecular formula is C13H16O3. The van der Waals surface area contributed by atoms with Gasteiger partial charge in [0.25, 0.3) is 0 Å². The van der Waals surface area contributed by atoms with Crippen molar-refractivity contribution < 1.29 is 14.6 Å². The van der Waals surface area contributed by atoms with Crippen LogP contribution in [0, 0.1) is 12.8 Å². The third-order valence-electron chi connectivity index (χ3n) is 2.75. The number of benzene rings is 1. The molecule has 0 bridgehead atoms. The highest BCUT2D eigenvalue weighted by molar-refractivity contribution is 5.99. The number of rotatable bonds is 4. The Balaban J connectivity index is 2.27. The summed E-state index contributed by atoms with van der Waals surface area (Å²) in [4.78, 5) is 11.4. The molecular weight excluding hydrogens is 204 g/mol. The van der Waals surface area contributed by atoms with Crippen molar-refractivity contribution in [3.8, 4) is 11.5 Å². The first kappa shape index (κ1) is 11.0. The maximum atomic E-state index is 11.4. The molecule has 1 saturated carbocycles. The molecule has 0 aromatic heterocycles. The van der Waals surface area contributed by atoms with E-state index >= 15 is 0 Å². The van der Waals surface area contributed by atoms with E-state index in [9.17, 15) is 9.90 Å². The normalized spacial score (nSPS) is 14.9. The van der Waals surface area contributed by atoms with Gasteiger partial charge in [-0.3, -0.25) is 4.79 Å². The molecule has 2 rings (SSSR count). The maximum absolute atomic E-state index is 11.4. The van der Waals surface area contributed by atoms with Crippen LogP contribution >= 0.6 is 0 Å². The van der Waals surface area contributed by atoms with Gasteiger partial charge in [-0.05, 0) is 50.3 Å². The summed E-state index contributed by atoms with van der Waals surface area (Å²) in [5.74, 6) is 0.987. The Hall–Kier alpha value is -1.51. The fraction of sp³-hybridized carbons (Fsp3) is 0.462. The number of hydrogen-bond donors (Lipinski definition) is 1. The number of aromatic hydroxyl groups is 1. The molecule has 86 valence electrons. The van der Waals surface area contributed by atoms with Gasteiger partial charge in [-0.25, -0.2) is 0 Å². The molecule has 0 spiro atoms. The van der Waals surface area contributed by atoms with Gasteiger partial charge in [-0.2, -0.15) is 0 Å². The van der Waals surface area contributed by atoms with Crippen molar-refractivity contribution >= 4 is 5.78 Å². The molecule has 1 aliphatic carbocycles. The summed E-state index contributed by atoms with van der Waals surface area (Å²) in [7, 11) is 0. The van der Waals surface area contributed by atoms with Crippen LogP contribution in [0.5, 0.6) is 11.5 Å². The monoisotopic (exact) mass is 220 g/mol. The predicted octanol–water partition coefficient (Wildman–Crippen LogP) is 2.69. The highest BCUT2D eigenvalue weighted by Crippen LogP contribution is 2.33. The van der Waals surface area contributed by atoms with Crippen molar-refractivity contribution in [2.75, 3.05) is 6.61 Å². The standard InChI is InChI=1S/C13H16O3/c1-8-5-11(15)13(9(2)14)12(6-8)16-7-10-3-4-10/h5-6,10,15H,3-4,7H2,1-2H3. The smallest absolute Gasteiger partial charge is 0.167 e. The lowest BCUT2D eigenvalue weighted by Crippen LogP contribution is -2.05. The van der Waals surface area contributed by atoms with E-state index < -0.39 is 0 Å². The second kappa shape index (κ2) is 4.16. The summed E-state index contributed by atoms with van der Waals surface area (Å²) < 4.78 is 5.60. The van der Waals surface area contributed by atoms with E-state index in [1.807, 2.05) is 6.92 Å². The van der Waals surface area contributed by atoms with Crippen LogP contribution in [0.1, 0.15) is 35.7 Å². The third-order valence-corrected chi connectivity index (χ3v) is 2.75. The first-order valence-electron chi connectivity index (χ1n) is 5.55. The minimum atomic E-state index is -0.164. The van der Waals surface area contributed by atoms with E-state index in [-0.39, 0.29) is 11.5 Å². The number of hydrogen-bond acceptors (Lipinski definition) is 3. The van der Waals surface area contributed by atoms with Crippen LogP contribution in [0.3, 0.4) is 0 Å². The average Bonchev–Trinajstić information content (AvgIpc) is 2.95. The third kappa shape index (κ3) is 2.35. The lowest BCUT2D eigenvalue weighted by atomic mass is 10.1. The Kier molecular flexibility index (Phi) is 2.86. The summed E-state index contributed by atoms with van der Waals surface area (Å²) >= 11 is 0. The quantitative estimate of drug-likeness (QED) is 0.793. The average molecular weight is 220 g/mol. The van der Waals surface area contributed by atoms with E-state index in [4.69, 9.17) is 4.74 Å². The topological polar surface area (TPSA) is 46.5 Å². The summed E-state index contributed by atoms with van der Waals surface area (Å²) in [6.45, 7) is 3.95. The van der Waals surface area contributed by atoms with Gasteiger partial charge in [-0.15, -0.1) is 0 Å². The lowest BCUT2D eigenvalue weighted by Gasteiger charge is -2.11. The fourth-order valence-corrected chi connectivity index (χ4v) is 1.69. The maximum Gasteiger partial charge on any atom is 0.167 e. The van der Waals surface area contributed by atoms with Crippen LogP contribution < -0.4 is 4.74 Å². The van der Waals surface area contributed by atoms with E-state index in [0.29, 0.717) is 23.8 Å². The second-order valence-electron chi connectivity index (χ2n) is 4.47. The van der Waals surface area contributed by atoms with E-state index in [2.05, 4.69) is 0 Å². The molecule has 1 aliphatic rings. The molecule has 0 unspecified atom stereocenters. The molecule has 1 aromatic carbocycles. The van der Waals surface area contributed by atoms with Gasteiger partial charge in [0.05, 0.1) is 6.61 Å². The second-order valence-corrected chi connectivity index (χ2v) is 4.47. The summed E-state index contributed by atoms with van der Waals surface area (Å²) in [5.41, 5.74) is 1.19. The molecule has 16 heavy (non-hydrogen) atoms. The first-order valence-corrected chi connectivity index (χ1v) is 5.55. The van der Waals surface area contributed by atoms with Crippen LogP contribution in [0.2, 0.25) is 0 Å². The Labute approximate surface area is 95.0 Å². The first-order chi connectivity index (χ1) is 7.58. The zero-order valence-electron chi connectivity index (χ0n) is 9.62. The Morgan fingerprint density at radius 1 is 1.50 bits per heavy atom. The van der Waals surface area contributed by atoms with Crippen LogP contribution in [0.4, 0.5) is 0 Å². The van der Waals surface area contributed by atoms with Crippen molar-refractivity contribution in [1.29, 1.82) is 0 Å². The van der Waals surface area contributed by atoms with Gasteiger partial charge in [0.2, 0.25) is 0 Å². The number of phenols is 1. The zero-order valence-corrected chi connectivity index (χ0v) is 9.62. The minimum absolute atomic E-state index is 0.0123. The highest BCUT2D eigenvalue weighted by atomic mass is 16.5. The molecule has 1 fully saturated rings. The Bertz CT molecular complexity index is 419. The molecule has 3 heteroatoms. The van der Waals surface area contributed by atoms with E-state index in [1.54, 1.807) is 12.1 Å². The number of Topliss-reactive ketones (excluding diaryl/α,β-unsaturated/α-hetero) is 1. The molecule has 3 nitrogen and oxygen atoms in total. The van der Waals surface area contributed by atoms with Crippen molar-refractivity contribution in [3.63, 3.8) is 0 Å². The SMILES string of the molecule is CC(=O)c1c(O)cc(C)cc1OCC1CC1. The Morgan fingerprint density at radius 3 is 2.75 bits per heavy atom. The summed E-state index contributed by atoms with van der Waals surface area (Å²) in [5, 5.41) is 9.72. The number of carbonyl (C=O) groups excluding carboxylic acids is 1. The van der Waals surface area contributed by atoms with Crippen LogP contribution in [0.15, 0.2) is 12.1 Å². The Morgan fingerprint density at radius 2 is 2.19 bits per heavy atom. The molecule has 0 amide bonds. The number of ether oxygens (including phenoxy) is 1. The van der Waals surface area contributed by atoms with Crippen molar-refractivity contribution in [1.82, 2.24) is 0 Å². The van der Waals surface area contributed by atoms with Crippen LogP contribution in [-0.2, 0) is 0 Å². The van der Waals surface area contributed by atoms with Gasteiger partial charge in [0, 0.05) is 0 Å². The van der Waals surface area contributed by atoms with E-state index in [1.165, 1.54) is 19.8 Å². The van der Waals surface area contributed by atoms with Gasteiger partial charge in [0.1, 0.15) is 17.1 Å². The van der Waals surface area contributed by atoms with E-state index in [0.717, 1.165) is 5.56 Å². The number of phenolic OH excluding ortho intramolecular Hbond substituents is 1. The molecule has 0 aliphatic heterocycles. The van der Waals surface area contributed by atoms with Gasteiger partial charge in [0.15, 0.2) is 5.78 Å². The summed E-state index contributed by atoms with van der Waals surface area (Å²) in [6, 6.07) is 3.39. The number of aryl methyl sites for hydroxylation is 1. The molecule has 1 aromatic rings. The minimum Gasteiger partial charge on any atom is -0.507 e. The molecule has 0 saturated heterocycles. The van der Waals surface area contributed by atoms with Crippen molar-refractivity contribution in [2.45, 2.75) is 26.7 Å². The number of ketones is 1. The fourth-order valence-electron chi connectivity index (χ4n) is 1.69. The molecule has 0 heterocycles. The van der Waals surface area contributed by atoms with Crippen LogP contribution in [0.25, 0.3) is 0 Å². The lowest BCUT2D eigenvalue weighted by molar-refractivity contribution is 0.101. The molecule has 1 N–H and O–H groups in total. The highest BCUT2D eigenvalue weighted by Gasteiger charge is 2.23. The molecule has 0 atom stereocenters. The zero-order chi connectivity index (χ0) is 11.7. The van der Waals surface area contributed by atoms with Crippen LogP contribution in [-0.4, -0.2) is 17.5 Å².